The zero-order valence-electron chi connectivity index (χ0n) is 19.5. The van der Waals surface area contributed by atoms with Gasteiger partial charge in [-0.15, -0.1) is 0 Å². The van der Waals surface area contributed by atoms with Crippen molar-refractivity contribution in [3.05, 3.63) is 71.3 Å². The third-order valence-electron chi connectivity index (χ3n) is 6.66. The molecular weight excluding hydrogens is 416 g/mol. The van der Waals surface area contributed by atoms with Gasteiger partial charge >= 0.3 is 6.09 Å². The zero-order chi connectivity index (χ0) is 23.4. The van der Waals surface area contributed by atoms with Gasteiger partial charge in [0.1, 0.15) is 6.61 Å². The van der Waals surface area contributed by atoms with Crippen molar-refractivity contribution in [2.45, 2.75) is 52.3 Å². The Hall–Kier alpha value is -3.12. The first-order valence-electron chi connectivity index (χ1n) is 11.7. The van der Waals surface area contributed by atoms with Gasteiger partial charge in [-0.2, -0.15) is 0 Å². The monoisotopic (exact) mass is 448 g/mol. The molecule has 0 fully saturated rings. The normalized spacial score (nSPS) is 22.2. The van der Waals surface area contributed by atoms with Gasteiger partial charge in [0.15, 0.2) is 0 Å². The molecule has 174 valence electrons. The number of hydrogen-bond donors (Lipinski definition) is 1. The van der Waals surface area contributed by atoms with Gasteiger partial charge in [0, 0.05) is 24.6 Å². The second-order valence-corrected chi connectivity index (χ2v) is 8.74. The topological polar surface area (TPSA) is 67.9 Å². The molecule has 0 saturated heterocycles. The van der Waals surface area contributed by atoms with Crippen LogP contribution in [0, 0.1) is 5.92 Å². The molecule has 4 rings (SSSR count). The molecule has 0 spiro atoms. The number of alkyl carbamates (subject to hydrolysis) is 1. The zero-order valence-corrected chi connectivity index (χ0v) is 19.5. The van der Waals surface area contributed by atoms with Crippen LogP contribution in [0.25, 0.3) is 5.57 Å². The number of ether oxygens (including phenoxy) is 2. The lowest BCUT2D eigenvalue weighted by Gasteiger charge is -2.45. The van der Waals surface area contributed by atoms with Crippen LogP contribution in [0.1, 0.15) is 56.3 Å². The van der Waals surface area contributed by atoms with E-state index >= 15 is 0 Å². The lowest BCUT2D eigenvalue weighted by Crippen LogP contribution is -2.51. The summed E-state index contributed by atoms with van der Waals surface area (Å²) in [6, 6.07) is 15.6. The second kappa shape index (κ2) is 10.2. The number of carbonyl (C=O) groups is 2. The average Bonchev–Trinajstić information content (AvgIpc) is 2.84. The molecule has 2 amide bonds. The van der Waals surface area contributed by atoms with Crippen molar-refractivity contribution < 1.29 is 19.1 Å². The number of nitrogens with one attached hydrogen (secondary N) is 1. The maximum absolute atomic E-state index is 12.8. The molecule has 3 atom stereocenters. The Morgan fingerprint density at radius 2 is 1.97 bits per heavy atom. The van der Waals surface area contributed by atoms with Crippen LogP contribution >= 0.6 is 0 Å². The van der Waals surface area contributed by atoms with Crippen molar-refractivity contribution in [2.24, 2.45) is 5.92 Å². The van der Waals surface area contributed by atoms with Gasteiger partial charge < -0.3 is 19.7 Å². The molecule has 0 bridgehead atoms. The van der Waals surface area contributed by atoms with E-state index in [1.54, 1.807) is 6.92 Å². The number of amides is 2. The summed E-state index contributed by atoms with van der Waals surface area (Å²) in [7, 11) is 0. The first kappa shape index (κ1) is 23.1. The lowest BCUT2D eigenvalue weighted by atomic mass is 9.80. The van der Waals surface area contributed by atoms with Gasteiger partial charge in [0.05, 0.1) is 19.3 Å². The first-order valence-corrected chi connectivity index (χ1v) is 11.7. The minimum atomic E-state index is -0.455. The number of anilines is 1. The Kier molecular flexibility index (Phi) is 7.14. The Labute approximate surface area is 195 Å². The highest BCUT2D eigenvalue weighted by atomic mass is 16.5. The Bertz CT molecular complexity index is 1030. The van der Waals surface area contributed by atoms with Crippen molar-refractivity contribution in [3.8, 4) is 0 Å². The third kappa shape index (κ3) is 4.96. The summed E-state index contributed by atoms with van der Waals surface area (Å²) >= 11 is 0. The van der Waals surface area contributed by atoms with Crippen molar-refractivity contribution >= 4 is 23.3 Å². The lowest BCUT2D eigenvalue weighted by molar-refractivity contribution is -0.117. The summed E-state index contributed by atoms with van der Waals surface area (Å²) < 4.78 is 11.0. The van der Waals surface area contributed by atoms with E-state index in [1.807, 2.05) is 41.3 Å². The molecule has 33 heavy (non-hydrogen) atoms. The van der Waals surface area contributed by atoms with Gasteiger partial charge in [-0.3, -0.25) is 4.79 Å². The van der Waals surface area contributed by atoms with Gasteiger partial charge in [-0.1, -0.05) is 56.3 Å². The number of hydrogen-bond acceptors (Lipinski definition) is 4. The van der Waals surface area contributed by atoms with E-state index in [2.05, 4.69) is 37.4 Å². The highest BCUT2D eigenvalue weighted by Crippen LogP contribution is 2.43. The molecule has 2 aromatic carbocycles. The Morgan fingerprint density at radius 1 is 1.18 bits per heavy atom. The molecule has 0 aliphatic carbocycles. The van der Waals surface area contributed by atoms with Crippen LogP contribution in [0.2, 0.25) is 0 Å². The van der Waals surface area contributed by atoms with Gasteiger partial charge in [-0.05, 0) is 47.2 Å². The Balaban J connectivity index is 1.65. The van der Waals surface area contributed by atoms with E-state index in [1.165, 1.54) is 5.57 Å². The quantitative estimate of drug-likeness (QED) is 0.679. The summed E-state index contributed by atoms with van der Waals surface area (Å²) in [6.07, 6.45) is 3.29. The molecule has 2 aliphatic heterocycles. The molecular formula is C27H32N2O4. The van der Waals surface area contributed by atoms with E-state index in [4.69, 9.17) is 9.47 Å². The van der Waals surface area contributed by atoms with Crippen molar-refractivity contribution in [1.29, 1.82) is 0 Å². The maximum atomic E-state index is 12.8. The number of fused-ring (bicyclic) bond motifs is 1. The van der Waals surface area contributed by atoms with Crippen LogP contribution < -0.4 is 10.2 Å². The summed E-state index contributed by atoms with van der Waals surface area (Å²) in [5.74, 6) is 0.0349. The molecule has 0 radical (unpaired) electrons. The third-order valence-corrected chi connectivity index (χ3v) is 6.66. The molecule has 0 saturated carbocycles. The number of nitrogens with zero attached hydrogens (tertiary/aromatic N) is 1. The van der Waals surface area contributed by atoms with E-state index in [0.717, 1.165) is 35.2 Å². The molecule has 2 aliphatic rings. The predicted octanol–water partition coefficient (Wildman–Crippen LogP) is 5.24. The van der Waals surface area contributed by atoms with Gasteiger partial charge in [0.2, 0.25) is 5.91 Å². The SMILES string of the molecule is CCC1C(C)C(NC(=O)OCc2ccccc2)c2cc(C3=CCOCC3)ccc2N1C(C)=O. The molecule has 2 heterocycles. The highest BCUT2D eigenvalue weighted by Gasteiger charge is 2.40. The van der Waals surface area contributed by atoms with Gasteiger partial charge in [0.25, 0.3) is 0 Å². The number of rotatable bonds is 5. The number of carbonyl (C=O) groups excluding carboxylic acids is 2. The van der Waals surface area contributed by atoms with Crippen LogP contribution in [-0.4, -0.2) is 31.3 Å². The maximum Gasteiger partial charge on any atom is 0.407 e. The average molecular weight is 449 g/mol. The molecule has 1 N–H and O–H groups in total. The minimum Gasteiger partial charge on any atom is -0.445 e. The van der Waals surface area contributed by atoms with Crippen LogP contribution in [0.3, 0.4) is 0 Å². The van der Waals surface area contributed by atoms with Crippen LogP contribution in [0.15, 0.2) is 54.6 Å². The van der Waals surface area contributed by atoms with E-state index in [-0.39, 0.29) is 30.5 Å². The summed E-state index contributed by atoms with van der Waals surface area (Å²) in [6.45, 7) is 7.29. The molecule has 6 nitrogen and oxygen atoms in total. The smallest absolute Gasteiger partial charge is 0.407 e. The summed E-state index contributed by atoms with van der Waals surface area (Å²) in [5.41, 5.74) is 5.08. The molecule has 2 aromatic rings. The highest BCUT2D eigenvalue weighted by molar-refractivity contribution is 5.94. The van der Waals surface area contributed by atoms with Gasteiger partial charge in [-0.25, -0.2) is 4.79 Å². The van der Waals surface area contributed by atoms with Crippen LogP contribution in [0.4, 0.5) is 10.5 Å². The second-order valence-electron chi connectivity index (χ2n) is 8.74. The molecule has 6 heteroatoms. The molecule has 3 unspecified atom stereocenters. The summed E-state index contributed by atoms with van der Waals surface area (Å²) in [4.78, 5) is 27.3. The van der Waals surface area contributed by atoms with Crippen LogP contribution in [0.5, 0.6) is 0 Å². The van der Waals surface area contributed by atoms with Crippen molar-refractivity contribution in [3.63, 3.8) is 0 Å². The fourth-order valence-electron chi connectivity index (χ4n) is 4.99. The van der Waals surface area contributed by atoms with E-state index in [0.29, 0.717) is 13.2 Å². The van der Waals surface area contributed by atoms with Crippen LogP contribution in [-0.2, 0) is 20.9 Å². The minimum absolute atomic E-state index is 0.0115. The standard InChI is InChI=1S/C27H32N2O4/c1-4-24-18(2)26(28-27(31)33-17-20-8-6-5-7-9-20)23-16-22(21-12-14-32-15-13-21)10-11-25(23)29(24)19(3)30/h5-12,16,18,24,26H,4,13-15,17H2,1-3H3,(H,28,31). The van der Waals surface area contributed by atoms with E-state index in [9.17, 15) is 9.59 Å². The summed E-state index contributed by atoms with van der Waals surface area (Å²) in [5, 5.41) is 3.11. The van der Waals surface area contributed by atoms with E-state index < -0.39 is 6.09 Å². The Morgan fingerprint density at radius 3 is 2.64 bits per heavy atom. The largest absolute Gasteiger partial charge is 0.445 e. The van der Waals surface area contributed by atoms with Crippen molar-refractivity contribution in [1.82, 2.24) is 5.32 Å². The predicted molar refractivity (Wildman–Crippen MR) is 129 cm³/mol. The first-order chi connectivity index (χ1) is 16.0. The fraction of sp³-hybridized carbons (Fsp3) is 0.407. The van der Waals surface area contributed by atoms with Crippen molar-refractivity contribution in [2.75, 3.05) is 18.1 Å². The molecule has 0 aromatic heterocycles. The number of benzene rings is 2. The fourth-order valence-corrected chi connectivity index (χ4v) is 4.99.